The topological polar surface area (TPSA) is 80.5 Å². The van der Waals surface area contributed by atoms with Gasteiger partial charge in [0.1, 0.15) is 0 Å². The number of carbonyl (C=O) groups excluding carboxylic acids is 1. The molecule has 1 aromatic heterocycles. The minimum atomic E-state index is -0.513. The van der Waals surface area contributed by atoms with Crippen LogP contribution >= 0.6 is 0 Å². The number of hydrogen-bond acceptors (Lipinski definition) is 5. The van der Waals surface area contributed by atoms with Crippen molar-refractivity contribution in [3.05, 3.63) is 71.5 Å². The van der Waals surface area contributed by atoms with Crippen LogP contribution in [0.25, 0.3) is 17.0 Å². The molecule has 1 aliphatic rings. The highest BCUT2D eigenvalue weighted by Gasteiger charge is 2.35. The summed E-state index contributed by atoms with van der Waals surface area (Å²) in [5.74, 6) is 0.143. The number of rotatable bonds is 5. The fraction of sp³-hybridized carbons (Fsp3) is 0.227. The summed E-state index contributed by atoms with van der Waals surface area (Å²) in [6.07, 6.45) is 0. The molecule has 1 atom stereocenters. The number of benzene rings is 2. The number of aromatic nitrogens is 2. The van der Waals surface area contributed by atoms with Crippen molar-refractivity contribution in [1.29, 1.82) is 0 Å². The third-order valence-electron chi connectivity index (χ3n) is 5.11. The van der Waals surface area contributed by atoms with Gasteiger partial charge in [-0.3, -0.25) is 4.90 Å². The predicted molar refractivity (Wildman–Crippen MR) is 109 cm³/mol. The van der Waals surface area contributed by atoms with Crippen LogP contribution in [-0.2, 0) is 0 Å². The lowest BCUT2D eigenvalue weighted by Crippen LogP contribution is -2.45. The lowest BCUT2D eigenvalue weighted by Gasteiger charge is -2.34. The van der Waals surface area contributed by atoms with Crippen LogP contribution < -0.4 is 10.1 Å². The molecule has 0 radical (unpaired) electrons. The van der Waals surface area contributed by atoms with Gasteiger partial charge in [-0.25, -0.2) is 9.18 Å². The summed E-state index contributed by atoms with van der Waals surface area (Å²) in [5, 5.41) is 7.04. The predicted octanol–water partition coefficient (Wildman–Crippen LogP) is 4.40. The van der Waals surface area contributed by atoms with E-state index in [4.69, 9.17) is 9.26 Å². The highest BCUT2D eigenvalue weighted by atomic mass is 19.1. The molecule has 2 aromatic carbocycles. The van der Waals surface area contributed by atoms with Crippen molar-refractivity contribution in [3.8, 4) is 17.1 Å². The first-order chi connectivity index (χ1) is 14.5. The number of allylic oxidation sites excluding steroid dienone is 1. The maximum absolute atomic E-state index is 14.1. The van der Waals surface area contributed by atoms with Gasteiger partial charge in [-0.1, -0.05) is 35.5 Å². The number of urea groups is 1. The minimum Gasteiger partial charge on any atom is -0.494 e. The quantitative estimate of drug-likeness (QED) is 0.677. The summed E-state index contributed by atoms with van der Waals surface area (Å²) >= 11 is 0. The molecule has 30 heavy (non-hydrogen) atoms. The van der Waals surface area contributed by atoms with Crippen LogP contribution in [0.2, 0.25) is 0 Å². The van der Waals surface area contributed by atoms with E-state index in [0.717, 1.165) is 11.3 Å². The molecular formula is C22H21FN4O3. The summed E-state index contributed by atoms with van der Waals surface area (Å²) in [7, 11) is 1.40. The Hall–Kier alpha value is -3.68. The van der Waals surface area contributed by atoms with Crippen LogP contribution in [0.15, 0.2) is 58.8 Å². The fourth-order valence-electron chi connectivity index (χ4n) is 3.59. The molecule has 0 bridgehead atoms. The van der Waals surface area contributed by atoms with Gasteiger partial charge < -0.3 is 14.6 Å². The molecule has 0 aliphatic carbocycles. The van der Waals surface area contributed by atoms with Gasteiger partial charge in [0.05, 0.1) is 18.7 Å². The molecule has 1 aliphatic heterocycles. The Labute approximate surface area is 173 Å². The molecular weight excluding hydrogens is 387 g/mol. The van der Waals surface area contributed by atoms with Crippen LogP contribution in [0.3, 0.4) is 0 Å². The number of methoxy groups -OCH3 is 1. The van der Waals surface area contributed by atoms with Crippen LogP contribution in [-0.4, -0.2) is 34.7 Å². The van der Waals surface area contributed by atoms with Crippen molar-refractivity contribution in [2.24, 2.45) is 0 Å². The number of amides is 2. The van der Waals surface area contributed by atoms with E-state index >= 15 is 0 Å². The third-order valence-corrected chi connectivity index (χ3v) is 5.11. The molecule has 0 fully saturated rings. The normalized spacial score (nSPS) is 16.6. The Morgan fingerprint density at radius 2 is 2.00 bits per heavy atom. The maximum Gasteiger partial charge on any atom is 0.322 e. The van der Waals surface area contributed by atoms with Crippen LogP contribution in [0.4, 0.5) is 9.18 Å². The second-order valence-corrected chi connectivity index (χ2v) is 6.81. The number of carbonyl (C=O) groups is 1. The van der Waals surface area contributed by atoms with Crippen LogP contribution in [0, 0.1) is 5.82 Å². The van der Waals surface area contributed by atoms with Crippen molar-refractivity contribution in [2.75, 3.05) is 13.7 Å². The zero-order chi connectivity index (χ0) is 21.3. The van der Waals surface area contributed by atoms with E-state index in [1.54, 1.807) is 11.0 Å². The van der Waals surface area contributed by atoms with Crippen molar-refractivity contribution in [1.82, 2.24) is 20.4 Å². The van der Waals surface area contributed by atoms with Crippen LogP contribution in [0.5, 0.6) is 5.75 Å². The average Bonchev–Trinajstić information content (AvgIpc) is 3.24. The summed E-state index contributed by atoms with van der Waals surface area (Å²) in [6, 6.07) is 13.4. The number of nitrogens with zero attached hydrogens (tertiary/aromatic N) is 3. The van der Waals surface area contributed by atoms with Gasteiger partial charge in [-0.2, -0.15) is 4.98 Å². The first-order valence-electron chi connectivity index (χ1n) is 9.55. The molecule has 7 nitrogen and oxygen atoms in total. The molecule has 1 N–H and O–H groups in total. The van der Waals surface area contributed by atoms with Gasteiger partial charge in [0.2, 0.25) is 5.82 Å². The molecule has 1 unspecified atom stereocenters. The molecule has 8 heteroatoms. The van der Waals surface area contributed by atoms with Gasteiger partial charge in [0.15, 0.2) is 11.6 Å². The summed E-state index contributed by atoms with van der Waals surface area (Å²) in [4.78, 5) is 18.7. The van der Waals surface area contributed by atoms with E-state index in [-0.39, 0.29) is 23.5 Å². The Balaban J connectivity index is 1.79. The number of ether oxygens (including phenoxy) is 1. The van der Waals surface area contributed by atoms with Crippen LogP contribution in [0.1, 0.15) is 31.3 Å². The Morgan fingerprint density at radius 3 is 2.67 bits per heavy atom. The average molecular weight is 408 g/mol. The highest BCUT2D eigenvalue weighted by Crippen LogP contribution is 2.37. The van der Waals surface area contributed by atoms with E-state index in [9.17, 15) is 9.18 Å². The van der Waals surface area contributed by atoms with Gasteiger partial charge in [0, 0.05) is 17.8 Å². The van der Waals surface area contributed by atoms with Gasteiger partial charge in [-0.15, -0.1) is 0 Å². The maximum atomic E-state index is 14.1. The van der Waals surface area contributed by atoms with Gasteiger partial charge in [-0.05, 0) is 37.6 Å². The van der Waals surface area contributed by atoms with Crippen molar-refractivity contribution < 1.29 is 18.4 Å². The first-order valence-corrected chi connectivity index (χ1v) is 9.55. The molecule has 4 rings (SSSR count). The van der Waals surface area contributed by atoms with E-state index in [2.05, 4.69) is 15.5 Å². The Morgan fingerprint density at radius 1 is 1.23 bits per heavy atom. The first kappa shape index (κ1) is 19.6. The zero-order valence-corrected chi connectivity index (χ0v) is 16.8. The van der Waals surface area contributed by atoms with E-state index < -0.39 is 11.9 Å². The SMILES string of the molecule is CCN1C(=O)NC(c2ccccc2)C(c2nc(-c3ccc(OC)c(F)c3)no2)=C1C. The second kappa shape index (κ2) is 7.98. The molecule has 0 saturated heterocycles. The molecule has 0 spiro atoms. The summed E-state index contributed by atoms with van der Waals surface area (Å²) in [6.45, 7) is 4.24. The monoisotopic (exact) mass is 408 g/mol. The lowest BCUT2D eigenvalue weighted by molar-refractivity contribution is 0.207. The molecule has 2 heterocycles. The minimum absolute atomic E-state index is 0.138. The Kier molecular flexibility index (Phi) is 5.22. The molecule has 3 aromatic rings. The number of halogens is 1. The third kappa shape index (κ3) is 3.41. The standard InChI is InChI=1S/C22H21FN4O3/c1-4-27-13(2)18(19(24-22(27)28)14-8-6-5-7-9-14)21-25-20(26-30-21)15-10-11-17(29-3)16(23)12-15/h5-12,19H,4H2,1-3H3,(H,24,28). The zero-order valence-electron chi connectivity index (χ0n) is 16.8. The van der Waals surface area contributed by atoms with Gasteiger partial charge in [0.25, 0.3) is 5.89 Å². The van der Waals surface area contributed by atoms with Crippen molar-refractivity contribution in [3.63, 3.8) is 0 Å². The number of nitrogens with one attached hydrogen (secondary N) is 1. The molecule has 154 valence electrons. The van der Waals surface area contributed by atoms with E-state index in [1.165, 1.54) is 19.2 Å². The largest absolute Gasteiger partial charge is 0.494 e. The van der Waals surface area contributed by atoms with Crippen molar-refractivity contribution >= 4 is 11.6 Å². The highest BCUT2D eigenvalue weighted by molar-refractivity contribution is 5.86. The second-order valence-electron chi connectivity index (χ2n) is 6.81. The summed E-state index contributed by atoms with van der Waals surface area (Å²) in [5.41, 5.74) is 2.79. The fourth-order valence-corrected chi connectivity index (χ4v) is 3.59. The Bertz CT molecular complexity index is 1110. The van der Waals surface area contributed by atoms with E-state index in [1.807, 2.05) is 44.2 Å². The van der Waals surface area contributed by atoms with Crippen molar-refractivity contribution in [2.45, 2.75) is 19.9 Å². The van der Waals surface area contributed by atoms with Gasteiger partial charge >= 0.3 is 6.03 Å². The molecule has 0 saturated carbocycles. The number of hydrogen-bond donors (Lipinski definition) is 1. The van der Waals surface area contributed by atoms with E-state index in [0.29, 0.717) is 17.7 Å². The molecule has 2 amide bonds. The summed E-state index contributed by atoms with van der Waals surface area (Å²) < 4.78 is 24.6. The smallest absolute Gasteiger partial charge is 0.322 e. The lowest BCUT2D eigenvalue weighted by atomic mass is 9.95.